The summed E-state index contributed by atoms with van der Waals surface area (Å²) in [6.45, 7) is 1.94. The van der Waals surface area contributed by atoms with Gasteiger partial charge in [-0.1, -0.05) is 12.1 Å². The third-order valence-electron chi connectivity index (χ3n) is 4.04. The highest BCUT2D eigenvalue weighted by atomic mass is 16.5. The molecule has 23 heavy (non-hydrogen) atoms. The maximum absolute atomic E-state index is 12.2. The standard InChI is InChI=1S/C18H15N3O2/c1-12-19-16-11-20(22)17-6-4-3-5-15(17)18(16)21(12)13-7-9-14(23-2)10-8-13/h3-11H,1-2H3. The smallest absolute Gasteiger partial charge is 0.226 e. The number of para-hydroxylation sites is 1. The molecular weight excluding hydrogens is 290 g/mol. The van der Waals surface area contributed by atoms with E-state index in [1.807, 2.05) is 55.5 Å². The van der Waals surface area contributed by atoms with E-state index in [-0.39, 0.29) is 0 Å². The molecule has 114 valence electrons. The lowest BCUT2D eigenvalue weighted by Crippen LogP contribution is -2.26. The number of methoxy groups -OCH3 is 1. The van der Waals surface area contributed by atoms with Gasteiger partial charge in [-0.05, 0) is 37.3 Å². The lowest BCUT2D eigenvalue weighted by Gasteiger charge is -2.09. The first kappa shape index (κ1) is 13.6. The van der Waals surface area contributed by atoms with Gasteiger partial charge < -0.3 is 9.94 Å². The van der Waals surface area contributed by atoms with Crippen LogP contribution in [0.3, 0.4) is 0 Å². The number of rotatable bonds is 2. The van der Waals surface area contributed by atoms with Gasteiger partial charge in [0.1, 0.15) is 11.6 Å². The maximum Gasteiger partial charge on any atom is 0.226 e. The highest BCUT2D eigenvalue weighted by molar-refractivity contribution is 6.01. The zero-order chi connectivity index (χ0) is 16.0. The second-order valence-corrected chi connectivity index (χ2v) is 5.40. The van der Waals surface area contributed by atoms with Gasteiger partial charge in [-0.2, -0.15) is 4.73 Å². The van der Waals surface area contributed by atoms with E-state index in [9.17, 15) is 5.21 Å². The Hall–Kier alpha value is -3.08. The molecule has 0 spiro atoms. The number of ether oxygens (including phenoxy) is 1. The number of hydrogen-bond donors (Lipinski definition) is 0. The molecule has 2 aromatic carbocycles. The van der Waals surface area contributed by atoms with Crippen LogP contribution >= 0.6 is 0 Å². The molecule has 0 saturated heterocycles. The monoisotopic (exact) mass is 305 g/mol. The van der Waals surface area contributed by atoms with Crippen molar-refractivity contribution in [3.05, 3.63) is 65.8 Å². The molecule has 0 aliphatic heterocycles. The minimum atomic E-state index is 0.634. The first-order chi connectivity index (χ1) is 11.2. The summed E-state index contributed by atoms with van der Waals surface area (Å²) < 4.78 is 8.16. The highest BCUT2D eigenvalue weighted by Gasteiger charge is 2.17. The molecule has 0 saturated carbocycles. The minimum absolute atomic E-state index is 0.634. The summed E-state index contributed by atoms with van der Waals surface area (Å²) in [5.74, 6) is 1.64. The van der Waals surface area contributed by atoms with Gasteiger partial charge >= 0.3 is 0 Å². The summed E-state index contributed by atoms with van der Waals surface area (Å²) in [4.78, 5) is 4.55. The summed E-state index contributed by atoms with van der Waals surface area (Å²) in [6.07, 6.45) is 1.53. The number of aryl methyl sites for hydroxylation is 1. The SMILES string of the molecule is COc1ccc(-n2c(C)nc3c[n+]([O-])c4ccccc4c32)cc1. The van der Waals surface area contributed by atoms with Crippen LogP contribution in [0.4, 0.5) is 0 Å². The van der Waals surface area contributed by atoms with Crippen molar-refractivity contribution in [2.45, 2.75) is 6.92 Å². The van der Waals surface area contributed by atoms with Gasteiger partial charge in [0.2, 0.25) is 11.7 Å². The lowest BCUT2D eigenvalue weighted by molar-refractivity contribution is -0.575. The Bertz CT molecular complexity index is 1020. The zero-order valence-electron chi connectivity index (χ0n) is 12.9. The van der Waals surface area contributed by atoms with E-state index < -0.39 is 0 Å². The first-order valence-electron chi connectivity index (χ1n) is 7.33. The number of pyridine rings is 1. The second-order valence-electron chi connectivity index (χ2n) is 5.40. The van der Waals surface area contributed by atoms with E-state index >= 15 is 0 Å². The summed E-state index contributed by atoms with van der Waals surface area (Å²) in [5, 5.41) is 13.1. The highest BCUT2D eigenvalue weighted by Crippen LogP contribution is 2.27. The van der Waals surface area contributed by atoms with Gasteiger partial charge in [0.05, 0.1) is 18.0 Å². The van der Waals surface area contributed by atoms with Crippen LogP contribution < -0.4 is 9.47 Å². The molecule has 0 radical (unpaired) electrons. The molecule has 2 aromatic heterocycles. The first-order valence-corrected chi connectivity index (χ1v) is 7.33. The van der Waals surface area contributed by atoms with Crippen LogP contribution in [-0.4, -0.2) is 16.7 Å². The van der Waals surface area contributed by atoms with Crippen molar-refractivity contribution < 1.29 is 9.47 Å². The largest absolute Gasteiger partial charge is 0.618 e. The number of nitrogens with zero attached hydrogens (tertiary/aromatic N) is 3. The third kappa shape index (κ3) is 2.01. The predicted molar refractivity (Wildman–Crippen MR) is 88.8 cm³/mol. The molecule has 0 fully saturated rings. The Balaban J connectivity index is 2.09. The Morgan fingerprint density at radius 3 is 2.57 bits per heavy atom. The fourth-order valence-electron chi connectivity index (χ4n) is 3.00. The molecule has 5 nitrogen and oxygen atoms in total. The Morgan fingerprint density at radius 2 is 1.83 bits per heavy atom. The Morgan fingerprint density at radius 1 is 1.09 bits per heavy atom. The molecule has 0 atom stereocenters. The van der Waals surface area contributed by atoms with E-state index in [4.69, 9.17) is 4.74 Å². The van der Waals surface area contributed by atoms with Crippen LogP contribution in [0.2, 0.25) is 0 Å². The molecular formula is C18H15N3O2. The summed E-state index contributed by atoms with van der Waals surface area (Å²) in [6, 6.07) is 15.4. The van der Waals surface area contributed by atoms with Crippen molar-refractivity contribution in [1.82, 2.24) is 9.55 Å². The summed E-state index contributed by atoms with van der Waals surface area (Å²) in [7, 11) is 1.65. The molecule has 0 amide bonds. The van der Waals surface area contributed by atoms with Crippen LogP contribution in [0.15, 0.2) is 54.7 Å². The number of imidazole rings is 1. The summed E-state index contributed by atoms with van der Waals surface area (Å²) in [5.41, 5.74) is 3.25. The maximum atomic E-state index is 12.2. The molecule has 0 bridgehead atoms. The van der Waals surface area contributed by atoms with Crippen molar-refractivity contribution in [1.29, 1.82) is 0 Å². The molecule has 0 aliphatic rings. The predicted octanol–water partition coefficient (Wildman–Crippen LogP) is 3.13. The Labute approximate surface area is 133 Å². The molecule has 4 rings (SSSR count). The van der Waals surface area contributed by atoms with Crippen LogP contribution in [-0.2, 0) is 0 Å². The van der Waals surface area contributed by atoms with Crippen molar-refractivity contribution in [3.8, 4) is 11.4 Å². The number of fused-ring (bicyclic) bond motifs is 3. The minimum Gasteiger partial charge on any atom is -0.618 e. The quantitative estimate of drug-likeness (QED) is 0.422. The molecule has 5 heteroatoms. The van der Waals surface area contributed by atoms with Crippen LogP contribution in [0.25, 0.3) is 27.6 Å². The van der Waals surface area contributed by atoms with Crippen molar-refractivity contribution in [3.63, 3.8) is 0 Å². The van der Waals surface area contributed by atoms with Crippen molar-refractivity contribution in [2.24, 2.45) is 0 Å². The van der Waals surface area contributed by atoms with Crippen LogP contribution in [0.1, 0.15) is 5.82 Å². The lowest BCUT2D eigenvalue weighted by atomic mass is 10.2. The molecule has 0 unspecified atom stereocenters. The van der Waals surface area contributed by atoms with Gasteiger partial charge in [0.15, 0.2) is 5.52 Å². The zero-order valence-corrected chi connectivity index (χ0v) is 12.9. The number of aromatic nitrogens is 3. The Kier molecular flexibility index (Phi) is 2.94. The molecule has 0 aliphatic carbocycles. The van der Waals surface area contributed by atoms with Crippen LogP contribution in [0.5, 0.6) is 5.75 Å². The number of hydrogen-bond acceptors (Lipinski definition) is 3. The van der Waals surface area contributed by atoms with E-state index in [2.05, 4.69) is 9.55 Å². The van der Waals surface area contributed by atoms with Crippen molar-refractivity contribution >= 4 is 21.9 Å². The fourth-order valence-corrected chi connectivity index (χ4v) is 3.00. The summed E-state index contributed by atoms with van der Waals surface area (Å²) >= 11 is 0. The van der Waals surface area contributed by atoms with Gasteiger partial charge in [0, 0.05) is 11.8 Å². The normalized spacial score (nSPS) is 11.2. The number of benzene rings is 2. The second kappa shape index (κ2) is 4.98. The van der Waals surface area contributed by atoms with E-state index in [0.29, 0.717) is 11.0 Å². The van der Waals surface area contributed by atoms with Crippen LogP contribution in [0, 0.1) is 12.1 Å². The molecule has 0 N–H and O–H groups in total. The third-order valence-corrected chi connectivity index (χ3v) is 4.04. The van der Waals surface area contributed by atoms with Gasteiger partial charge in [0.25, 0.3) is 0 Å². The topological polar surface area (TPSA) is 54.0 Å². The fraction of sp³-hybridized carbons (Fsp3) is 0.111. The van der Waals surface area contributed by atoms with E-state index in [0.717, 1.165) is 32.9 Å². The average molecular weight is 305 g/mol. The van der Waals surface area contributed by atoms with Gasteiger partial charge in [-0.15, -0.1) is 0 Å². The molecule has 4 aromatic rings. The van der Waals surface area contributed by atoms with Gasteiger partial charge in [-0.3, -0.25) is 4.57 Å². The van der Waals surface area contributed by atoms with Gasteiger partial charge in [-0.25, -0.2) is 4.98 Å². The van der Waals surface area contributed by atoms with E-state index in [1.54, 1.807) is 7.11 Å². The van der Waals surface area contributed by atoms with E-state index in [1.165, 1.54) is 6.20 Å². The molecule has 2 heterocycles. The average Bonchev–Trinajstić information content (AvgIpc) is 2.91. The van der Waals surface area contributed by atoms with Crippen molar-refractivity contribution in [2.75, 3.05) is 7.11 Å².